The number of nitrogens with two attached hydrogens (primary N) is 3. The first-order chi connectivity index (χ1) is 19.2. The molecule has 4 rings (SSSR count). The maximum Gasteiger partial charge on any atom is 0.241 e. The Morgan fingerprint density at radius 3 is 2.40 bits per heavy atom. The van der Waals surface area contributed by atoms with Gasteiger partial charge in [-0.3, -0.25) is 10.9 Å². The van der Waals surface area contributed by atoms with Crippen LogP contribution in [-0.2, 0) is 0 Å². The third kappa shape index (κ3) is 10.2. The second kappa shape index (κ2) is 17.0. The van der Waals surface area contributed by atoms with Gasteiger partial charge in [0.05, 0.1) is 12.4 Å². The Kier molecular flexibility index (Phi) is 14.1. The van der Waals surface area contributed by atoms with E-state index < -0.39 is 0 Å². The van der Waals surface area contributed by atoms with Crippen LogP contribution in [0.1, 0.15) is 84.6 Å². The number of nitrogens with one attached hydrogen (secondary N) is 1. The maximum atomic E-state index is 13.8. The van der Waals surface area contributed by atoms with E-state index in [1.54, 1.807) is 30.3 Å². The first-order valence-corrected chi connectivity index (χ1v) is 14.8. The highest BCUT2D eigenvalue weighted by atomic mass is 19.1. The summed E-state index contributed by atoms with van der Waals surface area (Å²) in [7, 11) is 1.95. The normalized spacial score (nSPS) is 15.8. The number of hydrogen-bond acceptors (Lipinski definition) is 9. The van der Waals surface area contributed by atoms with Gasteiger partial charge in [0.1, 0.15) is 11.6 Å². The van der Waals surface area contributed by atoms with Crippen molar-refractivity contribution in [2.75, 3.05) is 30.5 Å². The molecule has 0 amide bonds. The number of benzene rings is 1. The molecule has 0 bridgehead atoms. The van der Waals surface area contributed by atoms with Crippen molar-refractivity contribution in [1.29, 1.82) is 0 Å². The zero-order valence-electron chi connectivity index (χ0n) is 25.5. The van der Waals surface area contributed by atoms with Crippen molar-refractivity contribution in [2.45, 2.75) is 98.1 Å². The molecule has 2 fully saturated rings. The van der Waals surface area contributed by atoms with E-state index in [0.717, 1.165) is 38.0 Å². The first kappa shape index (κ1) is 33.3. The highest BCUT2D eigenvalue weighted by Gasteiger charge is 2.30. The fourth-order valence-corrected chi connectivity index (χ4v) is 4.77. The summed E-state index contributed by atoms with van der Waals surface area (Å²) in [6.07, 6.45) is 10.9. The standard InChI is InChI=1S/C20H26FN7.C8H20N2.C2H6/c1-13-4-7-15(11-17(13)21)25-18-8-9-24-20(26-18)28(23)12-16-3-2-10-27(16)19(22)14-5-6-14;1-4-6-8(7-5-2)10(3)9;1-2/h4,7-9,11,16H,2-3,5-6,10,12,22-23H2,1H3,(H,24,25,26);8H,4-7,9H2,1-3H3;1-2H3. The van der Waals surface area contributed by atoms with Crippen molar-refractivity contribution < 1.29 is 4.39 Å². The minimum Gasteiger partial charge on any atom is -0.385 e. The summed E-state index contributed by atoms with van der Waals surface area (Å²) >= 11 is 0. The van der Waals surface area contributed by atoms with Gasteiger partial charge in [0.15, 0.2) is 0 Å². The quantitative estimate of drug-likeness (QED) is 0.207. The zero-order valence-corrected chi connectivity index (χ0v) is 25.5. The molecule has 1 aromatic carbocycles. The summed E-state index contributed by atoms with van der Waals surface area (Å²) in [5.41, 5.74) is 8.87. The van der Waals surface area contributed by atoms with Crippen LogP contribution in [0, 0.1) is 12.7 Å². The second-order valence-corrected chi connectivity index (χ2v) is 10.4. The van der Waals surface area contributed by atoms with Crippen molar-refractivity contribution in [2.24, 2.45) is 17.4 Å². The van der Waals surface area contributed by atoms with Crippen LogP contribution < -0.4 is 27.7 Å². The van der Waals surface area contributed by atoms with Gasteiger partial charge in [-0.15, -0.1) is 0 Å². The number of nitrogens with zero attached hydrogens (tertiary/aromatic N) is 5. The van der Waals surface area contributed by atoms with Gasteiger partial charge >= 0.3 is 0 Å². The van der Waals surface area contributed by atoms with Crippen LogP contribution in [-0.4, -0.2) is 52.1 Å². The van der Waals surface area contributed by atoms with Crippen molar-refractivity contribution >= 4 is 17.5 Å². The van der Waals surface area contributed by atoms with Gasteiger partial charge in [-0.05, 0) is 74.8 Å². The number of anilines is 3. The van der Waals surface area contributed by atoms with Gasteiger partial charge in [0.2, 0.25) is 5.95 Å². The minimum absolute atomic E-state index is 0.254. The highest BCUT2D eigenvalue weighted by Crippen LogP contribution is 2.34. The number of hydrogen-bond donors (Lipinski definition) is 4. The molecule has 1 aromatic heterocycles. The van der Waals surface area contributed by atoms with E-state index in [1.807, 2.05) is 32.0 Å². The Morgan fingerprint density at radius 1 is 1.15 bits per heavy atom. The summed E-state index contributed by atoms with van der Waals surface area (Å²) in [5.74, 6) is 13.6. The van der Waals surface area contributed by atoms with E-state index in [1.165, 1.54) is 37.3 Å². The van der Waals surface area contributed by atoms with Gasteiger partial charge in [0, 0.05) is 37.6 Å². The van der Waals surface area contributed by atoms with E-state index in [2.05, 4.69) is 34.0 Å². The van der Waals surface area contributed by atoms with Gasteiger partial charge in [-0.25, -0.2) is 20.2 Å². The molecule has 1 saturated carbocycles. The predicted octanol–water partition coefficient (Wildman–Crippen LogP) is 5.56. The Morgan fingerprint density at radius 2 is 1.82 bits per heavy atom. The topological polar surface area (TPSA) is 126 Å². The summed E-state index contributed by atoms with van der Waals surface area (Å²) in [6, 6.07) is 7.56. The van der Waals surface area contributed by atoms with E-state index in [9.17, 15) is 4.39 Å². The highest BCUT2D eigenvalue weighted by molar-refractivity contribution is 5.57. The number of halogens is 1. The Bertz CT molecular complexity index is 1050. The zero-order chi connectivity index (χ0) is 29.7. The third-order valence-corrected chi connectivity index (χ3v) is 7.12. The van der Waals surface area contributed by atoms with Crippen LogP contribution in [0.5, 0.6) is 0 Å². The number of aryl methyl sites for hydroxylation is 1. The summed E-state index contributed by atoms with van der Waals surface area (Å²) in [5, 5.41) is 6.50. The van der Waals surface area contributed by atoms with Crippen LogP contribution in [0.4, 0.5) is 21.8 Å². The van der Waals surface area contributed by atoms with E-state index in [0.29, 0.717) is 35.6 Å². The van der Waals surface area contributed by atoms with Gasteiger partial charge < -0.3 is 16.0 Å². The number of rotatable bonds is 11. The number of allylic oxidation sites excluding steroid dienone is 1. The molecular formula is C30H52FN9. The van der Waals surface area contributed by atoms with Crippen molar-refractivity contribution in [3.8, 4) is 0 Å². The van der Waals surface area contributed by atoms with Gasteiger partial charge in [-0.1, -0.05) is 46.6 Å². The van der Waals surface area contributed by atoms with E-state index in [-0.39, 0.29) is 11.9 Å². The van der Waals surface area contributed by atoms with Crippen LogP contribution >= 0.6 is 0 Å². The average Bonchev–Trinajstić information content (AvgIpc) is 3.70. The molecule has 9 nitrogen and oxygen atoms in total. The lowest BCUT2D eigenvalue weighted by atomic mass is 10.1. The van der Waals surface area contributed by atoms with Crippen molar-refractivity contribution in [1.82, 2.24) is 19.9 Å². The fourth-order valence-electron chi connectivity index (χ4n) is 4.77. The summed E-state index contributed by atoms with van der Waals surface area (Å²) in [6.45, 7) is 11.7. The molecule has 0 radical (unpaired) electrons. The second-order valence-electron chi connectivity index (χ2n) is 10.4. The minimum atomic E-state index is -0.261. The molecule has 2 heterocycles. The summed E-state index contributed by atoms with van der Waals surface area (Å²) in [4.78, 5) is 11.0. The molecule has 1 aliphatic heterocycles. The van der Waals surface area contributed by atoms with E-state index in [4.69, 9.17) is 17.4 Å². The molecule has 2 aromatic rings. The molecule has 1 aliphatic carbocycles. The molecule has 0 spiro atoms. The molecule has 224 valence electrons. The van der Waals surface area contributed by atoms with Gasteiger partial charge in [-0.2, -0.15) is 4.98 Å². The Hall–Kier alpha value is -2.95. The van der Waals surface area contributed by atoms with Gasteiger partial charge in [0.25, 0.3) is 0 Å². The lowest BCUT2D eigenvalue weighted by molar-refractivity contribution is 0.221. The number of likely N-dealkylation sites (tertiary alicyclic amines) is 1. The maximum absolute atomic E-state index is 13.8. The monoisotopic (exact) mass is 557 g/mol. The number of hydrazine groups is 2. The van der Waals surface area contributed by atoms with E-state index >= 15 is 0 Å². The SMILES string of the molecule is CC.CCCC(CCC)N(C)N.Cc1ccc(Nc2ccnc(N(N)CC3CCCN3C(N)=C3CC3)n2)cc1F. The van der Waals surface area contributed by atoms with Crippen LogP contribution in [0.2, 0.25) is 0 Å². The summed E-state index contributed by atoms with van der Waals surface area (Å²) < 4.78 is 13.8. The van der Waals surface area contributed by atoms with Crippen LogP contribution in [0.25, 0.3) is 0 Å². The molecule has 1 atom stereocenters. The molecule has 10 heteroatoms. The third-order valence-electron chi connectivity index (χ3n) is 7.12. The molecule has 7 N–H and O–H groups in total. The van der Waals surface area contributed by atoms with Crippen molar-refractivity contribution in [3.05, 3.63) is 53.2 Å². The molecular weight excluding hydrogens is 505 g/mol. The van der Waals surface area contributed by atoms with Crippen LogP contribution in [0.3, 0.4) is 0 Å². The Balaban J connectivity index is 0.000000398. The molecule has 2 aliphatic rings. The average molecular weight is 558 g/mol. The fraction of sp³-hybridized carbons (Fsp3) is 0.600. The molecule has 1 saturated heterocycles. The predicted molar refractivity (Wildman–Crippen MR) is 165 cm³/mol. The first-order valence-electron chi connectivity index (χ1n) is 14.8. The lowest BCUT2D eigenvalue weighted by Gasteiger charge is -2.30. The lowest BCUT2D eigenvalue weighted by Crippen LogP contribution is -2.45. The van der Waals surface area contributed by atoms with Crippen molar-refractivity contribution in [3.63, 3.8) is 0 Å². The number of aromatic nitrogens is 2. The smallest absolute Gasteiger partial charge is 0.241 e. The molecule has 40 heavy (non-hydrogen) atoms. The largest absolute Gasteiger partial charge is 0.385 e. The van der Waals surface area contributed by atoms with Crippen LogP contribution in [0.15, 0.2) is 41.9 Å². The molecule has 1 unspecified atom stereocenters. The Labute approximate surface area is 240 Å².